The molecule has 3 rings (SSSR count). The van der Waals surface area contributed by atoms with Crippen molar-refractivity contribution in [1.29, 1.82) is 0 Å². The van der Waals surface area contributed by atoms with Gasteiger partial charge in [0.2, 0.25) is 0 Å². The van der Waals surface area contributed by atoms with Crippen molar-refractivity contribution in [1.82, 2.24) is 10.3 Å². The number of nitrogens with one attached hydrogen (secondary N) is 1. The largest absolute Gasteiger partial charge is 0.348 e. The topological polar surface area (TPSA) is 59.1 Å². The standard InChI is InChI=1S/C22H20N2O2/c1-15-3-7-19(8-4-15)20-9-18(14-25)10-21(11-20)22(26)24-13-17-6-5-16(2)23-12-17/h3-12,14H,13H2,1-2H3,(H,24,26). The lowest BCUT2D eigenvalue weighted by Gasteiger charge is -2.09. The number of pyridine rings is 1. The van der Waals surface area contributed by atoms with Crippen LogP contribution in [0.3, 0.4) is 0 Å². The zero-order chi connectivity index (χ0) is 18.5. The van der Waals surface area contributed by atoms with Crippen LogP contribution in [0, 0.1) is 13.8 Å². The molecule has 4 heteroatoms. The first-order valence-corrected chi connectivity index (χ1v) is 8.42. The molecule has 0 spiro atoms. The molecule has 0 radical (unpaired) electrons. The normalized spacial score (nSPS) is 10.4. The van der Waals surface area contributed by atoms with Gasteiger partial charge >= 0.3 is 0 Å². The molecular formula is C22H20N2O2. The minimum Gasteiger partial charge on any atom is -0.348 e. The predicted octanol–water partition coefficient (Wildman–Crippen LogP) is 4.11. The van der Waals surface area contributed by atoms with Gasteiger partial charge in [0.25, 0.3) is 5.91 Å². The van der Waals surface area contributed by atoms with E-state index in [9.17, 15) is 9.59 Å². The second kappa shape index (κ2) is 7.74. The Labute approximate surface area is 152 Å². The Morgan fingerprint density at radius 3 is 2.42 bits per heavy atom. The van der Waals surface area contributed by atoms with E-state index in [1.807, 2.05) is 50.2 Å². The van der Waals surface area contributed by atoms with Crippen LogP contribution in [-0.2, 0) is 6.54 Å². The van der Waals surface area contributed by atoms with E-state index in [0.717, 1.165) is 34.2 Å². The van der Waals surface area contributed by atoms with Crippen LogP contribution in [0.5, 0.6) is 0 Å². The van der Waals surface area contributed by atoms with Gasteiger partial charge in [0.05, 0.1) is 0 Å². The summed E-state index contributed by atoms with van der Waals surface area (Å²) >= 11 is 0. The smallest absolute Gasteiger partial charge is 0.251 e. The van der Waals surface area contributed by atoms with Gasteiger partial charge in [-0.15, -0.1) is 0 Å². The lowest BCUT2D eigenvalue weighted by Crippen LogP contribution is -2.23. The van der Waals surface area contributed by atoms with Crippen LogP contribution in [-0.4, -0.2) is 17.2 Å². The molecule has 0 saturated carbocycles. The van der Waals surface area contributed by atoms with E-state index in [1.54, 1.807) is 24.4 Å². The number of aldehydes is 1. The van der Waals surface area contributed by atoms with Crippen LogP contribution in [0.2, 0.25) is 0 Å². The molecule has 0 aliphatic rings. The molecule has 1 heterocycles. The SMILES string of the molecule is Cc1ccc(-c2cc(C=O)cc(C(=O)NCc3ccc(C)nc3)c2)cc1. The Morgan fingerprint density at radius 1 is 1.00 bits per heavy atom. The Hall–Kier alpha value is -3.27. The fraction of sp³-hybridized carbons (Fsp3) is 0.136. The third kappa shape index (κ3) is 4.22. The lowest BCUT2D eigenvalue weighted by molar-refractivity contribution is 0.0951. The molecule has 0 aliphatic heterocycles. The van der Waals surface area contributed by atoms with Crippen molar-refractivity contribution in [3.63, 3.8) is 0 Å². The van der Waals surface area contributed by atoms with Crippen molar-refractivity contribution in [3.05, 3.63) is 88.7 Å². The molecule has 1 N–H and O–H groups in total. The number of nitrogens with zero attached hydrogens (tertiary/aromatic N) is 1. The molecule has 0 aliphatic carbocycles. The molecule has 0 bridgehead atoms. The van der Waals surface area contributed by atoms with Crippen LogP contribution in [0.1, 0.15) is 37.5 Å². The molecule has 0 fully saturated rings. The molecule has 4 nitrogen and oxygen atoms in total. The molecule has 0 atom stereocenters. The highest BCUT2D eigenvalue weighted by Gasteiger charge is 2.10. The van der Waals surface area contributed by atoms with E-state index in [-0.39, 0.29) is 5.91 Å². The van der Waals surface area contributed by atoms with Gasteiger partial charge in [0.1, 0.15) is 6.29 Å². The van der Waals surface area contributed by atoms with Crippen molar-refractivity contribution in [2.45, 2.75) is 20.4 Å². The van der Waals surface area contributed by atoms with E-state index in [1.165, 1.54) is 0 Å². The first-order valence-electron chi connectivity index (χ1n) is 8.42. The van der Waals surface area contributed by atoms with Gasteiger partial charge in [0.15, 0.2) is 0 Å². The summed E-state index contributed by atoms with van der Waals surface area (Å²) in [5, 5.41) is 2.88. The third-order valence-electron chi connectivity index (χ3n) is 4.16. The van der Waals surface area contributed by atoms with Gasteiger partial charge in [-0.25, -0.2) is 0 Å². The summed E-state index contributed by atoms with van der Waals surface area (Å²) in [6.45, 7) is 4.32. The molecule has 130 valence electrons. The summed E-state index contributed by atoms with van der Waals surface area (Å²) in [6.07, 6.45) is 2.51. The molecule has 3 aromatic rings. The van der Waals surface area contributed by atoms with Gasteiger partial charge in [-0.1, -0.05) is 35.9 Å². The number of rotatable bonds is 5. The fourth-order valence-corrected chi connectivity index (χ4v) is 2.65. The lowest BCUT2D eigenvalue weighted by atomic mass is 9.99. The Kier molecular flexibility index (Phi) is 5.23. The second-order valence-corrected chi connectivity index (χ2v) is 6.32. The van der Waals surface area contributed by atoms with Gasteiger partial charge in [-0.2, -0.15) is 0 Å². The minimum atomic E-state index is -0.220. The zero-order valence-electron chi connectivity index (χ0n) is 14.8. The number of carbonyl (C=O) groups excluding carboxylic acids is 2. The van der Waals surface area contributed by atoms with Crippen LogP contribution < -0.4 is 5.32 Å². The first-order chi connectivity index (χ1) is 12.5. The monoisotopic (exact) mass is 344 g/mol. The van der Waals surface area contributed by atoms with Crippen LogP contribution in [0.25, 0.3) is 11.1 Å². The Bertz CT molecular complexity index is 929. The molecule has 1 amide bonds. The van der Waals surface area contributed by atoms with Crippen molar-refractivity contribution < 1.29 is 9.59 Å². The minimum absolute atomic E-state index is 0.220. The van der Waals surface area contributed by atoms with Gasteiger partial charge in [-0.05, 0) is 54.8 Å². The second-order valence-electron chi connectivity index (χ2n) is 6.32. The Balaban J connectivity index is 1.82. The number of aryl methyl sites for hydroxylation is 2. The highest BCUT2D eigenvalue weighted by atomic mass is 16.1. The van der Waals surface area contributed by atoms with E-state index in [0.29, 0.717) is 17.7 Å². The number of benzene rings is 2. The van der Waals surface area contributed by atoms with Gasteiger partial charge < -0.3 is 5.32 Å². The van der Waals surface area contributed by atoms with Gasteiger partial charge in [-0.3, -0.25) is 14.6 Å². The molecule has 2 aromatic carbocycles. The Morgan fingerprint density at radius 2 is 1.77 bits per heavy atom. The quantitative estimate of drug-likeness (QED) is 0.709. The molecule has 1 aromatic heterocycles. The van der Waals surface area contributed by atoms with Crippen molar-refractivity contribution in [2.75, 3.05) is 0 Å². The highest BCUT2D eigenvalue weighted by molar-refractivity contribution is 5.97. The van der Waals surface area contributed by atoms with Crippen molar-refractivity contribution >= 4 is 12.2 Å². The summed E-state index contributed by atoms with van der Waals surface area (Å²) in [5.74, 6) is -0.220. The van der Waals surface area contributed by atoms with Crippen LogP contribution in [0.15, 0.2) is 60.8 Å². The average Bonchev–Trinajstić information content (AvgIpc) is 2.67. The fourth-order valence-electron chi connectivity index (χ4n) is 2.65. The van der Waals surface area contributed by atoms with Crippen molar-refractivity contribution in [3.8, 4) is 11.1 Å². The average molecular weight is 344 g/mol. The zero-order valence-corrected chi connectivity index (χ0v) is 14.8. The third-order valence-corrected chi connectivity index (χ3v) is 4.16. The van der Waals surface area contributed by atoms with E-state index < -0.39 is 0 Å². The summed E-state index contributed by atoms with van der Waals surface area (Å²) in [6, 6.07) is 17.0. The number of aromatic nitrogens is 1. The summed E-state index contributed by atoms with van der Waals surface area (Å²) in [5.41, 5.74) is 5.77. The molecule has 26 heavy (non-hydrogen) atoms. The molecular weight excluding hydrogens is 324 g/mol. The first kappa shape index (κ1) is 17.5. The van der Waals surface area contributed by atoms with E-state index in [4.69, 9.17) is 0 Å². The molecule has 0 unspecified atom stereocenters. The maximum absolute atomic E-state index is 12.5. The van der Waals surface area contributed by atoms with E-state index in [2.05, 4.69) is 10.3 Å². The number of hydrogen-bond acceptors (Lipinski definition) is 3. The molecule has 0 saturated heterocycles. The predicted molar refractivity (Wildman–Crippen MR) is 102 cm³/mol. The van der Waals surface area contributed by atoms with Crippen LogP contribution >= 0.6 is 0 Å². The summed E-state index contributed by atoms with van der Waals surface area (Å²) < 4.78 is 0. The summed E-state index contributed by atoms with van der Waals surface area (Å²) in [4.78, 5) is 28.1. The highest BCUT2D eigenvalue weighted by Crippen LogP contribution is 2.22. The number of amides is 1. The van der Waals surface area contributed by atoms with Crippen molar-refractivity contribution in [2.24, 2.45) is 0 Å². The maximum atomic E-state index is 12.5. The maximum Gasteiger partial charge on any atom is 0.251 e. The van der Waals surface area contributed by atoms with Gasteiger partial charge in [0, 0.05) is 29.6 Å². The summed E-state index contributed by atoms with van der Waals surface area (Å²) in [7, 11) is 0. The van der Waals surface area contributed by atoms with E-state index >= 15 is 0 Å². The number of carbonyl (C=O) groups is 2. The number of hydrogen-bond donors (Lipinski definition) is 1. The van der Waals surface area contributed by atoms with Crippen LogP contribution in [0.4, 0.5) is 0 Å².